The second-order valence-corrected chi connectivity index (χ2v) is 9.10. The molecule has 0 N–H and O–H groups in total. The van der Waals surface area contributed by atoms with Gasteiger partial charge in [0.15, 0.2) is 0 Å². The minimum absolute atomic E-state index is 0.0436. The van der Waals surface area contributed by atoms with E-state index in [2.05, 4.69) is 60.6 Å². The second kappa shape index (κ2) is 11.0. The second-order valence-electron chi connectivity index (χ2n) is 7.31. The lowest BCUT2D eigenvalue weighted by atomic mass is 10.1. The maximum Gasteiger partial charge on any atom is 0.362 e. The molecule has 1 aliphatic rings. The van der Waals surface area contributed by atoms with Crippen LogP contribution >= 0.6 is 0 Å². The van der Waals surface area contributed by atoms with Gasteiger partial charge >= 0.3 is 15.4 Å². The highest BCUT2D eigenvalue weighted by Crippen LogP contribution is 2.10. The topological polar surface area (TPSA) is 13.0 Å². The molecule has 0 aromatic heterocycles. The SMILES string of the molecule is CCC(CCN1CC[N](CCC(CC)N(C)C)[AlH][CH2]1)N(C)C. The highest BCUT2D eigenvalue weighted by molar-refractivity contribution is 6.32. The Bertz CT molecular complexity index is 250. The molecule has 1 saturated heterocycles. The molecule has 1 rings (SSSR count). The quantitative estimate of drug-likeness (QED) is 0.562. The predicted molar refractivity (Wildman–Crippen MR) is 99.9 cm³/mol. The van der Waals surface area contributed by atoms with Crippen molar-refractivity contribution in [2.24, 2.45) is 0 Å². The molecule has 0 aromatic carbocycles. The van der Waals surface area contributed by atoms with Crippen LogP contribution in [0, 0.1) is 0 Å². The summed E-state index contributed by atoms with van der Waals surface area (Å²) in [5.74, 6) is 0. The van der Waals surface area contributed by atoms with E-state index in [1.165, 1.54) is 57.3 Å². The van der Waals surface area contributed by atoms with Crippen LogP contribution in [-0.4, -0.2) is 106 Å². The van der Waals surface area contributed by atoms with Gasteiger partial charge in [-0.05, 0) is 78.9 Å². The van der Waals surface area contributed by atoms with Gasteiger partial charge in [-0.3, -0.25) is 0 Å². The van der Waals surface area contributed by atoms with Crippen LogP contribution in [0.5, 0.6) is 0 Å². The van der Waals surface area contributed by atoms with Crippen molar-refractivity contribution in [1.29, 1.82) is 0 Å². The Morgan fingerprint density at radius 3 is 1.82 bits per heavy atom. The maximum atomic E-state index is 2.80. The largest absolute Gasteiger partial charge is 0.386 e. The van der Waals surface area contributed by atoms with Gasteiger partial charge in [-0.2, -0.15) is 0 Å². The fraction of sp³-hybridized carbons (Fsp3) is 1.00. The molecule has 1 heterocycles. The summed E-state index contributed by atoms with van der Waals surface area (Å²) in [6, 6.07) is 1.52. The molecule has 0 spiro atoms. The van der Waals surface area contributed by atoms with Crippen molar-refractivity contribution in [2.75, 3.05) is 59.8 Å². The average molecular weight is 327 g/mol. The van der Waals surface area contributed by atoms with Gasteiger partial charge in [0.05, 0.1) is 0 Å². The summed E-state index contributed by atoms with van der Waals surface area (Å²) in [5.41, 5.74) is 0. The third kappa shape index (κ3) is 7.30. The lowest BCUT2D eigenvalue weighted by molar-refractivity contribution is 0.195. The molecular formula is C17H39AlN4. The Hall–Kier alpha value is 0.372. The molecule has 130 valence electrons. The summed E-state index contributed by atoms with van der Waals surface area (Å²) >= 11 is -0.0436. The first-order valence-electron chi connectivity index (χ1n) is 9.25. The fourth-order valence-corrected chi connectivity index (χ4v) is 5.34. The number of rotatable bonds is 10. The van der Waals surface area contributed by atoms with Crippen LogP contribution in [0.2, 0.25) is 0 Å². The van der Waals surface area contributed by atoms with Gasteiger partial charge in [-0.25, -0.2) is 0 Å². The minimum Gasteiger partial charge on any atom is -0.386 e. The molecule has 2 unspecified atom stereocenters. The van der Waals surface area contributed by atoms with Crippen molar-refractivity contribution < 1.29 is 0 Å². The van der Waals surface area contributed by atoms with E-state index in [-0.39, 0.29) is 15.4 Å². The van der Waals surface area contributed by atoms with Gasteiger partial charge in [0.2, 0.25) is 0 Å². The van der Waals surface area contributed by atoms with Crippen molar-refractivity contribution in [3.63, 3.8) is 0 Å². The Morgan fingerprint density at radius 2 is 1.41 bits per heavy atom. The molecule has 4 nitrogen and oxygen atoms in total. The lowest BCUT2D eigenvalue weighted by Gasteiger charge is -2.36. The third-order valence-corrected chi connectivity index (χ3v) is 7.52. The van der Waals surface area contributed by atoms with Gasteiger partial charge in [-0.1, -0.05) is 13.8 Å². The lowest BCUT2D eigenvalue weighted by Crippen LogP contribution is -2.50. The van der Waals surface area contributed by atoms with E-state index in [4.69, 9.17) is 0 Å². The zero-order valence-electron chi connectivity index (χ0n) is 16.0. The highest BCUT2D eigenvalue weighted by Gasteiger charge is 2.21. The van der Waals surface area contributed by atoms with Crippen molar-refractivity contribution in [3.05, 3.63) is 0 Å². The van der Waals surface area contributed by atoms with Crippen molar-refractivity contribution in [1.82, 2.24) is 18.6 Å². The summed E-state index contributed by atoms with van der Waals surface area (Å²) in [6.45, 7) is 9.85. The van der Waals surface area contributed by atoms with Crippen molar-refractivity contribution in [3.8, 4) is 0 Å². The Balaban J connectivity index is 2.20. The fourth-order valence-electron chi connectivity index (χ4n) is 3.55. The summed E-state index contributed by atoms with van der Waals surface area (Å²) in [5, 5.41) is 1.39. The number of hydrogen-bond acceptors (Lipinski definition) is 4. The predicted octanol–water partition coefficient (Wildman–Crippen LogP) is 1.37. The van der Waals surface area contributed by atoms with Crippen molar-refractivity contribution in [2.45, 2.75) is 51.6 Å². The molecule has 22 heavy (non-hydrogen) atoms. The summed E-state index contributed by atoms with van der Waals surface area (Å²) in [4.78, 5) is 7.50. The molecule has 0 bridgehead atoms. The molecule has 0 amide bonds. The van der Waals surface area contributed by atoms with Crippen molar-refractivity contribution >= 4 is 15.4 Å². The number of nitrogens with zero attached hydrogens (tertiary/aromatic N) is 4. The zero-order valence-corrected chi connectivity index (χ0v) is 17.4. The molecule has 0 aliphatic carbocycles. The summed E-state index contributed by atoms with van der Waals surface area (Å²) in [6.07, 6.45) is 5.22. The van der Waals surface area contributed by atoms with Gasteiger partial charge in [0.1, 0.15) is 0 Å². The van der Waals surface area contributed by atoms with Crippen LogP contribution in [0.3, 0.4) is 0 Å². The highest BCUT2D eigenvalue weighted by atomic mass is 27.1. The van der Waals surface area contributed by atoms with E-state index in [0.29, 0.717) is 0 Å². The van der Waals surface area contributed by atoms with E-state index >= 15 is 0 Å². The first-order valence-corrected chi connectivity index (χ1v) is 10.9. The maximum absolute atomic E-state index is 2.80. The van der Waals surface area contributed by atoms with Gasteiger partial charge in [0.25, 0.3) is 0 Å². The van der Waals surface area contributed by atoms with Crippen LogP contribution in [0.1, 0.15) is 39.5 Å². The van der Waals surface area contributed by atoms with E-state index in [1.807, 2.05) is 0 Å². The number of hydrogen-bond donors (Lipinski definition) is 0. The standard InChI is InChI=1S/C17H38N4.Al.H/c1-8-16(19(3)4)10-12-18-13-15-21(7)14-11-17(9-2)20(5)6;;/h16-17H,7-15H2,1-6H3;;/q-1;+1;. The summed E-state index contributed by atoms with van der Waals surface area (Å²) in [7, 11) is 8.88. The van der Waals surface area contributed by atoms with Gasteiger partial charge < -0.3 is 18.6 Å². The van der Waals surface area contributed by atoms with Crippen LogP contribution in [0.15, 0.2) is 0 Å². The first kappa shape index (κ1) is 20.4. The normalized spacial score (nSPS) is 20.4. The first-order chi connectivity index (χ1) is 10.5. The van der Waals surface area contributed by atoms with Crippen LogP contribution in [0.25, 0.3) is 0 Å². The molecule has 0 radical (unpaired) electrons. The Labute approximate surface area is 145 Å². The molecule has 2 atom stereocenters. The molecule has 0 saturated carbocycles. The summed E-state index contributed by atoms with van der Waals surface area (Å²) < 4.78 is 2.80. The molecule has 5 heteroatoms. The Kier molecular flexibility index (Phi) is 10.2. The van der Waals surface area contributed by atoms with E-state index in [9.17, 15) is 0 Å². The third-order valence-electron chi connectivity index (χ3n) is 5.43. The molecule has 1 fully saturated rings. The van der Waals surface area contributed by atoms with E-state index in [1.54, 1.807) is 0 Å². The van der Waals surface area contributed by atoms with Gasteiger partial charge in [0, 0.05) is 18.6 Å². The van der Waals surface area contributed by atoms with Crippen LogP contribution < -0.4 is 0 Å². The van der Waals surface area contributed by atoms with Gasteiger partial charge in [-0.15, -0.1) is 0 Å². The Morgan fingerprint density at radius 1 is 0.864 bits per heavy atom. The van der Waals surface area contributed by atoms with E-state index in [0.717, 1.165) is 12.1 Å². The van der Waals surface area contributed by atoms with Crippen LogP contribution in [-0.2, 0) is 0 Å². The smallest absolute Gasteiger partial charge is 0.362 e. The van der Waals surface area contributed by atoms with Crippen LogP contribution in [0.4, 0.5) is 0 Å². The molecular weight excluding hydrogens is 287 g/mol. The molecule has 0 aromatic rings. The molecule has 1 aliphatic heterocycles. The monoisotopic (exact) mass is 326 g/mol. The average Bonchev–Trinajstić information content (AvgIpc) is 2.49. The van der Waals surface area contributed by atoms with E-state index < -0.39 is 0 Å². The zero-order chi connectivity index (χ0) is 16.5. The minimum atomic E-state index is -0.0436.